The molecule has 2 rings (SSSR count). The molecule has 0 radical (unpaired) electrons. The normalized spacial score (nSPS) is 11.3. The summed E-state index contributed by atoms with van der Waals surface area (Å²) in [6.07, 6.45) is 0.469. The fraction of sp³-hybridized carbons (Fsp3) is 0.360. The van der Waals surface area contributed by atoms with Crippen LogP contribution in [0.4, 0.5) is 0 Å². The molecule has 0 aliphatic carbocycles. The lowest BCUT2D eigenvalue weighted by molar-refractivity contribution is -0.313. The van der Waals surface area contributed by atoms with Crippen LogP contribution in [-0.2, 0) is 27.8 Å². The maximum absolute atomic E-state index is 12.9. The highest BCUT2D eigenvalue weighted by Crippen LogP contribution is 2.47. The molecular formula is C25H24Cl2O8-2. The molecule has 0 unspecified atom stereocenters. The van der Waals surface area contributed by atoms with Crippen LogP contribution in [-0.4, -0.2) is 34.1 Å². The van der Waals surface area contributed by atoms with Gasteiger partial charge in [-0.2, -0.15) is 0 Å². The first-order valence-corrected chi connectivity index (χ1v) is 11.7. The van der Waals surface area contributed by atoms with Crippen LogP contribution in [0.1, 0.15) is 82.5 Å². The first-order chi connectivity index (χ1) is 16.4. The fourth-order valence-electron chi connectivity index (χ4n) is 4.37. The van der Waals surface area contributed by atoms with E-state index in [1.807, 2.05) is 13.8 Å². The minimum atomic E-state index is -2.62. The molecule has 188 valence electrons. The van der Waals surface area contributed by atoms with Gasteiger partial charge in [-0.05, 0) is 61.1 Å². The van der Waals surface area contributed by atoms with E-state index < -0.39 is 64.4 Å². The number of benzene rings is 2. The number of hydrogen-bond donors (Lipinski definition) is 2. The second-order valence-electron chi connectivity index (χ2n) is 8.18. The summed E-state index contributed by atoms with van der Waals surface area (Å²) in [5.41, 5.74) is -3.64. The summed E-state index contributed by atoms with van der Waals surface area (Å²) in [6.45, 7) is 3.70. The number of aromatic carboxylic acids is 2. The predicted octanol–water partition coefficient (Wildman–Crippen LogP) is 2.86. The molecule has 0 atom stereocenters. The Labute approximate surface area is 212 Å². The Morgan fingerprint density at radius 1 is 0.800 bits per heavy atom. The fourth-order valence-corrected chi connectivity index (χ4v) is 5.17. The lowest BCUT2D eigenvalue weighted by Gasteiger charge is -2.39. The summed E-state index contributed by atoms with van der Waals surface area (Å²) in [5, 5.41) is 43.6. The average Bonchev–Trinajstić information content (AvgIpc) is 2.75. The van der Waals surface area contributed by atoms with Crippen LogP contribution < -0.4 is 10.2 Å². The van der Waals surface area contributed by atoms with Gasteiger partial charge in [0.25, 0.3) is 0 Å². The molecule has 0 aliphatic rings. The Morgan fingerprint density at radius 3 is 1.49 bits per heavy atom. The zero-order valence-corrected chi connectivity index (χ0v) is 20.7. The topological polar surface area (TPSA) is 155 Å². The zero-order valence-electron chi connectivity index (χ0n) is 19.2. The number of halogens is 2. The molecule has 8 nitrogen and oxygen atoms in total. The van der Waals surface area contributed by atoms with E-state index in [4.69, 9.17) is 23.2 Å². The monoisotopic (exact) mass is 522 g/mol. The van der Waals surface area contributed by atoms with Crippen molar-refractivity contribution in [1.82, 2.24) is 0 Å². The summed E-state index contributed by atoms with van der Waals surface area (Å²) in [7, 11) is 0. The Hall–Kier alpha value is -3.10. The zero-order chi connectivity index (χ0) is 26.5. The molecule has 0 saturated carbocycles. The largest absolute Gasteiger partial charge is 0.550 e. The van der Waals surface area contributed by atoms with Crippen molar-refractivity contribution in [2.24, 2.45) is 0 Å². The SMILES string of the molecule is CCCc1cc(Cl)c(C(CCC(=O)[O-])(C(=O)[O-])c2c(Cl)cc(CCC)cc2C(=O)O)c(C(=O)O)c1. The molecule has 2 aromatic carbocycles. The van der Waals surface area contributed by atoms with Gasteiger partial charge in [-0.15, -0.1) is 0 Å². The van der Waals surface area contributed by atoms with E-state index >= 15 is 0 Å². The van der Waals surface area contributed by atoms with E-state index in [0.29, 0.717) is 36.8 Å². The van der Waals surface area contributed by atoms with Gasteiger partial charge < -0.3 is 30.0 Å². The lowest BCUT2D eigenvalue weighted by atomic mass is 9.67. The predicted molar refractivity (Wildman–Crippen MR) is 125 cm³/mol. The molecular weight excluding hydrogens is 499 g/mol. The number of carbonyl (C=O) groups is 4. The number of carboxylic acids is 4. The van der Waals surface area contributed by atoms with E-state index in [1.165, 1.54) is 24.3 Å². The highest BCUT2D eigenvalue weighted by Gasteiger charge is 2.44. The highest BCUT2D eigenvalue weighted by molar-refractivity contribution is 6.34. The third-order valence-corrected chi connectivity index (χ3v) is 6.34. The average molecular weight is 523 g/mol. The number of carbonyl (C=O) groups excluding carboxylic acids is 2. The number of aryl methyl sites for hydroxylation is 2. The van der Waals surface area contributed by atoms with Gasteiger partial charge in [0.15, 0.2) is 0 Å². The van der Waals surface area contributed by atoms with Crippen molar-refractivity contribution >= 4 is 47.1 Å². The van der Waals surface area contributed by atoms with Crippen LogP contribution in [0.15, 0.2) is 24.3 Å². The van der Waals surface area contributed by atoms with Gasteiger partial charge in [0.1, 0.15) is 0 Å². The van der Waals surface area contributed by atoms with E-state index in [2.05, 4.69) is 0 Å². The smallest absolute Gasteiger partial charge is 0.336 e. The minimum Gasteiger partial charge on any atom is -0.550 e. The second-order valence-corrected chi connectivity index (χ2v) is 8.99. The van der Waals surface area contributed by atoms with Crippen LogP contribution in [0.25, 0.3) is 0 Å². The summed E-state index contributed by atoms with van der Waals surface area (Å²) >= 11 is 12.9. The molecule has 0 aliphatic heterocycles. The standard InChI is InChI=1S/C25H26Cl2O8/c1-3-5-13-9-15(22(30)31)20(17(26)11-13)25(24(34)35,8-7-19(28)29)21-16(23(32)33)10-14(6-4-2)12-18(21)27/h9-12H,3-8H2,1-2H3,(H,28,29)(H,30,31)(H,32,33)(H,34,35)/p-2. The maximum Gasteiger partial charge on any atom is 0.336 e. The minimum absolute atomic E-state index is 0.291. The number of rotatable bonds is 12. The summed E-state index contributed by atoms with van der Waals surface area (Å²) in [5.74, 6) is -6.65. The van der Waals surface area contributed by atoms with E-state index in [0.717, 1.165) is 0 Å². The van der Waals surface area contributed by atoms with E-state index in [9.17, 15) is 39.6 Å². The molecule has 0 saturated heterocycles. The van der Waals surface area contributed by atoms with Crippen molar-refractivity contribution in [2.75, 3.05) is 0 Å². The van der Waals surface area contributed by atoms with Crippen molar-refractivity contribution in [3.8, 4) is 0 Å². The van der Waals surface area contributed by atoms with Gasteiger partial charge in [0.05, 0.1) is 22.5 Å². The second kappa shape index (κ2) is 11.6. The number of hydrogen-bond acceptors (Lipinski definition) is 6. The maximum atomic E-state index is 12.9. The van der Waals surface area contributed by atoms with E-state index in [1.54, 1.807) is 0 Å². The first kappa shape index (κ1) is 28.1. The van der Waals surface area contributed by atoms with E-state index in [-0.39, 0.29) is 10.0 Å². The Morgan fingerprint density at radius 2 is 1.20 bits per heavy atom. The third-order valence-electron chi connectivity index (χ3n) is 5.74. The molecule has 35 heavy (non-hydrogen) atoms. The molecule has 0 amide bonds. The van der Waals surface area contributed by atoms with Crippen molar-refractivity contribution in [2.45, 2.75) is 57.8 Å². The van der Waals surface area contributed by atoms with Gasteiger partial charge in [-0.3, -0.25) is 0 Å². The number of aliphatic carboxylic acids is 2. The molecule has 2 N–H and O–H groups in total. The Kier molecular flexibility index (Phi) is 9.29. The molecule has 0 heterocycles. The van der Waals surface area contributed by atoms with Crippen molar-refractivity contribution in [3.05, 3.63) is 67.7 Å². The molecule has 2 aromatic rings. The van der Waals surface area contributed by atoms with Crippen LogP contribution >= 0.6 is 23.2 Å². The van der Waals surface area contributed by atoms with Crippen molar-refractivity contribution in [1.29, 1.82) is 0 Å². The lowest BCUT2D eigenvalue weighted by Crippen LogP contribution is -2.49. The third kappa shape index (κ3) is 5.77. The quantitative estimate of drug-likeness (QED) is 0.430. The van der Waals surface area contributed by atoms with Crippen LogP contribution in [0.2, 0.25) is 10.0 Å². The molecule has 0 bridgehead atoms. The highest BCUT2D eigenvalue weighted by atomic mass is 35.5. The van der Waals surface area contributed by atoms with Crippen LogP contribution in [0, 0.1) is 0 Å². The number of carboxylic acid groups (broad SMARTS) is 4. The first-order valence-electron chi connectivity index (χ1n) is 10.9. The van der Waals surface area contributed by atoms with Crippen molar-refractivity contribution < 1.29 is 39.6 Å². The summed E-state index contributed by atoms with van der Waals surface area (Å²) in [6, 6.07) is 5.24. The van der Waals surface area contributed by atoms with Crippen molar-refractivity contribution in [3.63, 3.8) is 0 Å². The molecule has 0 aromatic heterocycles. The Balaban J connectivity index is 3.13. The van der Waals surface area contributed by atoms with Crippen LogP contribution in [0.5, 0.6) is 0 Å². The summed E-state index contributed by atoms with van der Waals surface area (Å²) in [4.78, 5) is 48.8. The molecule has 0 spiro atoms. The van der Waals surface area contributed by atoms with Gasteiger partial charge in [-0.25, -0.2) is 9.59 Å². The van der Waals surface area contributed by atoms with Gasteiger partial charge >= 0.3 is 11.9 Å². The van der Waals surface area contributed by atoms with Gasteiger partial charge in [0.2, 0.25) is 0 Å². The molecule has 10 heteroatoms. The van der Waals surface area contributed by atoms with Crippen LogP contribution in [0.3, 0.4) is 0 Å². The molecule has 0 fully saturated rings. The van der Waals surface area contributed by atoms with Gasteiger partial charge in [-0.1, -0.05) is 49.9 Å². The Bertz CT molecular complexity index is 1100. The summed E-state index contributed by atoms with van der Waals surface area (Å²) < 4.78 is 0. The van der Waals surface area contributed by atoms with Gasteiger partial charge in [0, 0.05) is 27.1 Å².